The smallest absolute Gasteiger partial charge is 0.263 e. The summed E-state index contributed by atoms with van der Waals surface area (Å²) in [4.78, 5) is 6.98. The molecule has 0 saturated heterocycles. The maximum atomic E-state index is 12.2. The molecule has 0 saturated carbocycles. The largest absolute Gasteiger partial charge is 0.359 e. The number of nitrogens with one attached hydrogen (secondary N) is 2. The monoisotopic (exact) mass is 273 g/mol. The molecule has 0 fully saturated rings. The molecule has 5 nitrogen and oxygen atoms in total. The summed E-state index contributed by atoms with van der Waals surface area (Å²) in [7, 11) is -3.62. The highest BCUT2D eigenvalue weighted by molar-refractivity contribution is 7.92. The number of sulfonamides is 1. The van der Waals surface area contributed by atoms with Crippen molar-refractivity contribution < 1.29 is 8.42 Å². The third-order valence-corrected chi connectivity index (χ3v) is 4.13. The molecule has 0 radical (unpaired) electrons. The Balaban J connectivity index is 2.04. The molecule has 19 heavy (non-hydrogen) atoms. The molecule has 2 aromatic heterocycles. The number of fused-ring (bicyclic) bond motifs is 1. The van der Waals surface area contributed by atoms with Gasteiger partial charge in [-0.25, -0.2) is 8.42 Å². The lowest BCUT2D eigenvalue weighted by Gasteiger charge is -2.08. The summed E-state index contributed by atoms with van der Waals surface area (Å²) >= 11 is 0. The highest BCUT2D eigenvalue weighted by Crippen LogP contribution is 2.24. The van der Waals surface area contributed by atoms with E-state index in [0.717, 1.165) is 10.9 Å². The van der Waals surface area contributed by atoms with E-state index in [4.69, 9.17) is 0 Å². The number of nitrogens with zero attached hydrogens (tertiary/aromatic N) is 1. The van der Waals surface area contributed by atoms with Gasteiger partial charge in [0.2, 0.25) is 0 Å². The molecule has 96 valence electrons. The van der Waals surface area contributed by atoms with E-state index in [1.165, 1.54) is 18.5 Å². The molecule has 0 amide bonds. The number of aromatic amines is 1. The van der Waals surface area contributed by atoms with Crippen molar-refractivity contribution in [3.05, 3.63) is 55.0 Å². The lowest BCUT2D eigenvalue weighted by Crippen LogP contribution is -2.13. The Hall–Kier alpha value is -2.34. The van der Waals surface area contributed by atoms with Gasteiger partial charge in [0.1, 0.15) is 4.90 Å². The van der Waals surface area contributed by atoms with Crippen LogP contribution in [0, 0.1) is 0 Å². The molecule has 0 aliphatic rings. The topological polar surface area (TPSA) is 74.8 Å². The maximum absolute atomic E-state index is 12.2. The Kier molecular flexibility index (Phi) is 2.72. The molecule has 0 unspecified atom stereocenters. The number of para-hydroxylation sites is 1. The number of pyridine rings is 1. The van der Waals surface area contributed by atoms with Crippen molar-refractivity contribution in [3.63, 3.8) is 0 Å². The number of aromatic nitrogens is 2. The van der Waals surface area contributed by atoms with Gasteiger partial charge in [0.25, 0.3) is 10.0 Å². The predicted octanol–water partition coefficient (Wildman–Crippen LogP) is 2.36. The Bertz CT molecular complexity index is 810. The summed E-state index contributed by atoms with van der Waals surface area (Å²) in [6.07, 6.45) is 4.62. The number of H-pyrrole nitrogens is 1. The van der Waals surface area contributed by atoms with Crippen LogP contribution in [0.2, 0.25) is 0 Å². The van der Waals surface area contributed by atoms with Crippen LogP contribution in [0.15, 0.2) is 59.9 Å². The Morgan fingerprint density at radius 3 is 2.79 bits per heavy atom. The van der Waals surface area contributed by atoms with E-state index < -0.39 is 10.0 Å². The zero-order valence-electron chi connectivity index (χ0n) is 9.87. The van der Waals surface area contributed by atoms with Crippen molar-refractivity contribution in [2.24, 2.45) is 0 Å². The van der Waals surface area contributed by atoms with Crippen LogP contribution < -0.4 is 4.72 Å². The van der Waals surface area contributed by atoms with Gasteiger partial charge in [0, 0.05) is 24.0 Å². The van der Waals surface area contributed by atoms with Crippen molar-refractivity contribution in [1.82, 2.24) is 9.97 Å². The summed E-state index contributed by atoms with van der Waals surface area (Å²) in [5.41, 5.74) is 1.28. The van der Waals surface area contributed by atoms with Crippen molar-refractivity contribution in [1.29, 1.82) is 0 Å². The van der Waals surface area contributed by atoms with Gasteiger partial charge in [-0.05, 0) is 24.3 Å². The fourth-order valence-corrected chi connectivity index (χ4v) is 2.91. The highest BCUT2D eigenvalue weighted by Gasteiger charge is 2.15. The van der Waals surface area contributed by atoms with Crippen LogP contribution in [0.4, 0.5) is 5.69 Å². The molecule has 0 aliphatic heterocycles. The predicted molar refractivity (Wildman–Crippen MR) is 73.3 cm³/mol. The maximum Gasteiger partial charge on any atom is 0.263 e. The Labute approximate surface area is 110 Å². The quantitative estimate of drug-likeness (QED) is 0.769. The second kappa shape index (κ2) is 4.40. The molecule has 0 spiro atoms. The van der Waals surface area contributed by atoms with Gasteiger partial charge < -0.3 is 4.98 Å². The number of hydrogen-bond donors (Lipinski definition) is 2. The summed E-state index contributed by atoms with van der Waals surface area (Å²) in [5.74, 6) is 0. The minimum absolute atomic E-state index is 0.138. The fraction of sp³-hybridized carbons (Fsp3) is 0. The molecule has 0 bridgehead atoms. The molecule has 3 rings (SSSR count). The van der Waals surface area contributed by atoms with E-state index in [0.29, 0.717) is 5.69 Å². The van der Waals surface area contributed by atoms with Gasteiger partial charge >= 0.3 is 0 Å². The second-order valence-corrected chi connectivity index (χ2v) is 5.72. The number of hydrogen-bond acceptors (Lipinski definition) is 3. The molecule has 3 aromatic rings. The summed E-state index contributed by atoms with van der Waals surface area (Å²) in [6, 6.07) is 10.4. The van der Waals surface area contributed by atoms with E-state index in [2.05, 4.69) is 14.7 Å². The number of benzene rings is 1. The first-order chi connectivity index (χ1) is 9.17. The van der Waals surface area contributed by atoms with Crippen molar-refractivity contribution in [3.8, 4) is 0 Å². The van der Waals surface area contributed by atoms with Crippen LogP contribution >= 0.6 is 0 Å². The molecule has 2 heterocycles. The third-order valence-electron chi connectivity index (χ3n) is 2.78. The SMILES string of the molecule is O=S(=O)(Nc1cccc2cc[nH]c12)c1cccnc1. The molecule has 6 heteroatoms. The molecular formula is C13H11N3O2S. The van der Waals surface area contributed by atoms with Gasteiger partial charge in [-0.1, -0.05) is 12.1 Å². The zero-order chi connectivity index (χ0) is 13.3. The van der Waals surface area contributed by atoms with Gasteiger partial charge in [-0.15, -0.1) is 0 Å². The summed E-state index contributed by atoms with van der Waals surface area (Å²) in [6.45, 7) is 0. The Morgan fingerprint density at radius 1 is 1.11 bits per heavy atom. The lowest BCUT2D eigenvalue weighted by molar-refractivity contribution is 0.601. The van der Waals surface area contributed by atoms with E-state index in [1.54, 1.807) is 24.4 Å². The molecule has 0 aliphatic carbocycles. The van der Waals surface area contributed by atoms with Crippen LogP contribution in [0.3, 0.4) is 0 Å². The summed E-state index contributed by atoms with van der Waals surface area (Å²) < 4.78 is 27.0. The fourth-order valence-electron chi connectivity index (χ4n) is 1.88. The zero-order valence-corrected chi connectivity index (χ0v) is 10.7. The van der Waals surface area contributed by atoms with Gasteiger partial charge in [0.05, 0.1) is 11.2 Å². The van der Waals surface area contributed by atoms with E-state index >= 15 is 0 Å². The van der Waals surface area contributed by atoms with Gasteiger partial charge in [-0.3, -0.25) is 9.71 Å². The van der Waals surface area contributed by atoms with Crippen LogP contribution in [0.1, 0.15) is 0 Å². The van der Waals surface area contributed by atoms with E-state index in [9.17, 15) is 8.42 Å². The van der Waals surface area contributed by atoms with Crippen LogP contribution in [-0.4, -0.2) is 18.4 Å². The molecule has 2 N–H and O–H groups in total. The molecule has 1 aromatic carbocycles. The van der Waals surface area contributed by atoms with Crippen LogP contribution in [0.25, 0.3) is 10.9 Å². The number of anilines is 1. The average molecular weight is 273 g/mol. The third kappa shape index (κ3) is 2.17. The van der Waals surface area contributed by atoms with Crippen LogP contribution in [0.5, 0.6) is 0 Å². The minimum atomic E-state index is -3.62. The standard InChI is InChI=1S/C13H11N3O2S/c17-19(18,11-4-2-7-14-9-11)16-12-5-1-3-10-6-8-15-13(10)12/h1-9,15-16H. The Morgan fingerprint density at radius 2 is 2.00 bits per heavy atom. The summed E-state index contributed by atoms with van der Waals surface area (Å²) in [5, 5.41) is 0.950. The van der Waals surface area contributed by atoms with E-state index in [-0.39, 0.29) is 4.90 Å². The first-order valence-corrected chi connectivity index (χ1v) is 7.14. The van der Waals surface area contributed by atoms with Gasteiger partial charge in [0.15, 0.2) is 0 Å². The van der Waals surface area contributed by atoms with Gasteiger partial charge in [-0.2, -0.15) is 0 Å². The second-order valence-electron chi connectivity index (χ2n) is 4.04. The van der Waals surface area contributed by atoms with Crippen molar-refractivity contribution in [2.45, 2.75) is 4.90 Å². The van der Waals surface area contributed by atoms with Crippen molar-refractivity contribution in [2.75, 3.05) is 4.72 Å². The lowest BCUT2D eigenvalue weighted by atomic mass is 10.2. The minimum Gasteiger partial charge on any atom is -0.359 e. The van der Waals surface area contributed by atoms with Crippen LogP contribution in [-0.2, 0) is 10.0 Å². The highest BCUT2D eigenvalue weighted by atomic mass is 32.2. The molecular weight excluding hydrogens is 262 g/mol. The normalized spacial score (nSPS) is 11.6. The van der Waals surface area contributed by atoms with E-state index in [1.807, 2.05) is 12.1 Å². The first kappa shape index (κ1) is 11.7. The number of rotatable bonds is 3. The first-order valence-electron chi connectivity index (χ1n) is 5.66. The molecule has 0 atom stereocenters. The van der Waals surface area contributed by atoms with Crippen molar-refractivity contribution >= 4 is 26.6 Å². The average Bonchev–Trinajstić information content (AvgIpc) is 2.89.